The maximum Gasteiger partial charge on any atom is 0.251 e. The van der Waals surface area contributed by atoms with E-state index in [9.17, 15) is 9.59 Å². The van der Waals surface area contributed by atoms with E-state index in [1.165, 1.54) is 0 Å². The molecule has 1 rings (SSSR count). The van der Waals surface area contributed by atoms with E-state index >= 15 is 0 Å². The van der Waals surface area contributed by atoms with Crippen molar-refractivity contribution in [1.29, 1.82) is 5.26 Å². The molecule has 0 spiro atoms. The zero-order valence-electron chi connectivity index (χ0n) is 16.2. The quantitative estimate of drug-likeness (QED) is 0.630. The summed E-state index contributed by atoms with van der Waals surface area (Å²) in [5, 5.41) is 14.0. The monoisotopic (exact) mass is 358 g/mol. The largest absolute Gasteiger partial charge is 0.372 e. The third kappa shape index (κ3) is 6.75. The molecule has 0 aliphatic heterocycles. The first kappa shape index (κ1) is 21.5. The van der Waals surface area contributed by atoms with Crippen molar-refractivity contribution in [3.05, 3.63) is 29.8 Å². The van der Waals surface area contributed by atoms with Gasteiger partial charge in [-0.2, -0.15) is 5.26 Å². The van der Waals surface area contributed by atoms with Crippen LogP contribution in [0.4, 0.5) is 5.69 Å². The average molecular weight is 358 g/mol. The Hall–Kier alpha value is -2.55. The molecular weight excluding hydrogens is 328 g/mol. The van der Waals surface area contributed by atoms with Crippen molar-refractivity contribution in [3.8, 4) is 6.07 Å². The van der Waals surface area contributed by atoms with Crippen molar-refractivity contribution in [2.75, 3.05) is 24.5 Å². The van der Waals surface area contributed by atoms with E-state index < -0.39 is 6.04 Å². The summed E-state index contributed by atoms with van der Waals surface area (Å²) < 4.78 is 0. The molecule has 0 radical (unpaired) electrons. The second kappa shape index (κ2) is 11.1. The first-order valence-corrected chi connectivity index (χ1v) is 9.23. The number of carbonyl (C=O) groups excluding carboxylic acids is 2. The third-order valence-electron chi connectivity index (χ3n) is 4.25. The maximum atomic E-state index is 12.5. The lowest BCUT2D eigenvalue weighted by Crippen LogP contribution is -2.47. The Labute approximate surface area is 156 Å². The van der Waals surface area contributed by atoms with E-state index in [0.29, 0.717) is 17.9 Å². The predicted molar refractivity (Wildman–Crippen MR) is 104 cm³/mol. The summed E-state index contributed by atoms with van der Waals surface area (Å²) >= 11 is 0. The van der Waals surface area contributed by atoms with Crippen LogP contribution in [0.3, 0.4) is 0 Å². The molecule has 0 aliphatic rings. The third-order valence-corrected chi connectivity index (χ3v) is 4.25. The van der Waals surface area contributed by atoms with Gasteiger partial charge in [-0.3, -0.25) is 9.59 Å². The fourth-order valence-electron chi connectivity index (χ4n) is 2.67. The smallest absolute Gasteiger partial charge is 0.251 e. The van der Waals surface area contributed by atoms with E-state index in [0.717, 1.165) is 25.2 Å². The number of carbonyl (C=O) groups is 2. The van der Waals surface area contributed by atoms with Crippen LogP contribution < -0.4 is 15.5 Å². The number of hydrogen-bond donors (Lipinski definition) is 2. The molecule has 0 saturated carbocycles. The molecule has 142 valence electrons. The fourth-order valence-corrected chi connectivity index (χ4v) is 2.67. The van der Waals surface area contributed by atoms with Gasteiger partial charge in [-0.25, -0.2) is 0 Å². The summed E-state index contributed by atoms with van der Waals surface area (Å²) in [5.41, 5.74) is 1.58. The molecule has 0 aromatic heterocycles. The number of nitrogens with one attached hydrogen (secondary N) is 2. The number of nitrogens with zero attached hydrogens (tertiary/aromatic N) is 2. The van der Waals surface area contributed by atoms with E-state index in [1.54, 1.807) is 12.1 Å². The van der Waals surface area contributed by atoms with E-state index in [2.05, 4.69) is 43.2 Å². The predicted octanol–water partition coefficient (Wildman–Crippen LogP) is 2.71. The molecule has 0 aliphatic carbocycles. The second-order valence-corrected chi connectivity index (χ2v) is 6.59. The lowest BCUT2D eigenvalue weighted by Gasteiger charge is -2.21. The summed E-state index contributed by atoms with van der Waals surface area (Å²) in [5.74, 6) is -0.177. The minimum atomic E-state index is -0.638. The van der Waals surface area contributed by atoms with E-state index in [4.69, 9.17) is 5.26 Å². The average Bonchev–Trinajstić information content (AvgIpc) is 2.64. The molecular formula is C20H30N4O2. The Morgan fingerprint density at radius 3 is 2.23 bits per heavy atom. The van der Waals surface area contributed by atoms with Gasteiger partial charge in [-0.1, -0.05) is 13.8 Å². The van der Waals surface area contributed by atoms with Gasteiger partial charge >= 0.3 is 0 Å². The topological polar surface area (TPSA) is 85.2 Å². The highest BCUT2D eigenvalue weighted by Crippen LogP contribution is 2.15. The highest BCUT2D eigenvalue weighted by Gasteiger charge is 2.21. The minimum absolute atomic E-state index is 0.0640. The van der Waals surface area contributed by atoms with E-state index in [-0.39, 0.29) is 18.4 Å². The van der Waals surface area contributed by atoms with E-state index in [1.807, 2.05) is 18.2 Å². The summed E-state index contributed by atoms with van der Waals surface area (Å²) in [7, 11) is 0. The van der Waals surface area contributed by atoms with Crippen LogP contribution in [0.1, 0.15) is 50.9 Å². The molecule has 2 N–H and O–H groups in total. The molecule has 6 heteroatoms. The van der Waals surface area contributed by atoms with Crippen LogP contribution in [0, 0.1) is 17.2 Å². The van der Waals surface area contributed by atoms with Gasteiger partial charge in [0.25, 0.3) is 5.91 Å². The number of nitriles is 1. The Morgan fingerprint density at radius 2 is 1.73 bits per heavy atom. The lowest BCUT2D eigenvalue weighted by atomic mass is 10.0. The zero-order chi connectivity index (χ0) is 19.5. The van der Waals surface area contributed by atoms with Crippen LogP contribution in [-0.2, 0) is 4.79 Å². The molecule has 1 atom stereocenters. The first-order valence-electron chi connectivity index (χ1n) is 9.23. The summed E-state index contributed by atoms with van der Waals surface area (Å²) in [6.07, 6.45) is 1.35. The van der Waals surface area contributed by atoms with Crippen molar-refractivity contribution in [2.24, 2.45) is 5.92 Å². The van der Waals surface area contributed by atoms with Crippen molar-refractivity contribution in [3.63, 3.8) is 0 Å². The number of anilines is 1. The van der Waals surface area contributed by atoms with Crippen molar-refractivity contribution < 1.29 is 9.59 Å². The van der Waals surface area contributed by atoms with Gasteiger partial charge < -0.3 is 15.5 Å². The summed E-state index contributed by atoms with van der Waals surface area (Å²) in [4.78, 5) is 26.9. The van der Waals surface area contributed by atoms with Crippen molar-refractivity contribution >= 4 is 17.5 Å². The molecule has 0 fully saturated rings. The molecule has 1 aromatic rings. The lowest BCUT2D eigenvalue weighted by molar-refractivity contribution is -0.122. The van der Waals surface area contributed by atoms with Gasteiger partial charge in [-0.15, -0.1) is 0 Å². The maximum absolute atomic E-state index is 12.5. The zero-order valence-corrected chi connectivity index (χ0v) is 16.2. The highest BCUT2D eigenvalue weighted by molar-refractivity contribution is 5.97. The Bertz CT molecular complexity index is 616. The number of hydrogen-bond acceptors (Lipinski definition) is 4. The van der Waals surface area contributed by atoms with Gasteiger partial charge in [0.05, 0.1) is 6.07 Å². The normalized spacial score (nSPS) is 11.5. The molecule has 1 aromatic carbocycles. The van der Waals surface area contributed by atoms with Gasteiger partial charge in [0.15, 0.2) is 0 Å². The Kier molecular flexibility index (Phi) is 9.21. The van der Waals surface area contributed by atoms with Gasteiger partial charge in [0.1, 0.15) is 12.6 Å². The van der Waals surface area contributed by atoms with Gasteiger partial charge in [0, 0.05) is 24.3 Å². The molecule has 0 saturated heterocycles. The van der Waals surface area contributed by atoms with Crippen LogP contribution in [0.2, 0.25) is 0 Å². The van der Waals surface area contributed by atoms with Gasteiger partial charge in [0.2, 0.25) is 5.91 Å². The summed E-state index contributed by atoms with van der Waals surface area (Å²) in [6.45, 7) is 10.0. The van der Waals surface area contributed by atoms with Crippen LogP contribution in [0.25, 0.3) is 0 Å². The SMILES string of the molecule is CCN(CC)c1ccc(C(=O)N[C@@H](CCC(C)C)C(=O)NCC#N)cc1. The van der Waals surface area contributed by atoms with Gasteiger partial charge in [-0.05, 0) is 56.9 Å². The van der Waals surface area contributed by atoms with Crippen molar-refractivity contribution in [1.82, 2.24) is 10.6 Å². The molecule has 6 nitrogen and oxygen atoms in total. The minimum Gasteiger partial charge on any atom is -0.372 e. The Morgan fingerprint density at radius 1 is 1.12 bits per heavy atom. The molecule has 0 unspecified atom stereocenters. The summed E-state index contributed by atoms with van der Waals surface area (Å²) in [6, 6.07) is 8.63. The van der Waals surface area contributed by atoms with Crippen LogP contribution in [0.5, 0.6) is 0 Å². The van der Waals surface area contributed by atoms with Crippen molar-refractivity contribution in [2.45, 2.75) is 46.6 Å². The van der Waals surface area contributed by atoms with Crippen LogP contribution in [-0.4, -0.2) is 37.5 Å². The number of amides is 2. The number of rotatable bonds is 10. The molecule has 2 amide bonds. The Balaban J connectivity index is 2.81. The standard InChI is InChI=1S/C20H30N4O2/c1-5-24(6-2)17-10-8-16(9-11-17)19(25)23-18(12-7-15(3)4)20(26)22-14-13-21/h8-11,15,18H,5-7,12,14H2,1-4H3,(H,22,26)(H,23,25)/t18-/m0/s1. The first-order chi connectivity index (χ1) is 12.4. The molecule has 0 bridgehead atoms. The highest BCUT2D eigenvalue weighted by atomic mass is 16.2. The van der Waals surface area contributed by atoms with Crippen LogP contribution >= 0.6 is 0 Å². The molecule has 0 heterocycles. The second-order valence-electron chi connectivity index (χ2n) is 6.59. The molecule has 26 heavy (non-hydrogen) atoms. The number of benzene rings is 1. The van der Waals surface area contributed by atoms with Crippen LogP contribution in [0.15, 0.2) is 24.3 Å². The fraction of sp³-hybridized carbons (Fsp3) is 0.550.